The van der Waals surface area contributed by atoms with Crippen LogP contribution in [-0.2, 0) is 9.53 Å². The summed E-state index contributed by atoms with van der Waals surface area (Å²) in [5, 5.41) is 2.89. The Morgan fingerprint density at radius 3 is 2.22 bits per heavy atom. The van der Waals surface area contributed by atoms with Crippen molar-refractivity contribution in [1.29, 1.82) is 0 Å². The molecule has 2 rings (SSSR count). The van der Waals surface area contributed by atoms with Crippen LogP contribution in [0.4, 0.5) is 5.69 Å². The average Bonchev–Trinajstić information content (AvgIpc) is 2.69. The topological polar surface area (TPSA) is 58.6 Å². The Kier molecular flexibility index (Phi) is 7.41. The van der Waals surface area contributed by atoms with E-state index in [2.05, 4.69) is 24.4 Å². The molecule has 0 aliphatic carbocycles. The molecule has 5 heteroatoms. The summed E-state index contributed by atoms with van der Waals surface area (Å²) in [6, 6.07) is 17.1. The summed E-state index contributed by atoms with van der Waals surface area (Å²) in [5.41, 5.74) is 2.60. The van der Waals surface area contributed by atoms with E-state index < -0.39 is 12.1 Å². The minimum atomic E-state index is -0.848. The molecule has 0 unspecified atom stereocenters. The minimum Gasteiger partial charge on any atom is -0.449 e. The molecule has 0 spiro atoms. The Hall–Kier alpha value is -2.82. The van der Waals surface area contributed by atoms with Gasteiger partial charge in [0.15, 0.2) is 6.10 Å². The largest absolute Gasteiger partial charge is 0.449 e. The number of hydrogen-bond donors (Lipinski definition) is 1. The van der Waals surface area contributed by atoms with Crippen molar-refractivity contribution in [2.75, 3.05) is 25.5 Å². The smallest absolute Gasteiger partial charge is 0.338 e. The van der Waals surface area contributed by atoms with Gasteiger partial charge >= 0.3 is 5.97 Å². The highest BCUT2D eigenvalue weighted by molar-refractivity contribution is 5.92. The Morgan fingerprint density at radius 2 is 1.67 bits per heavy atom. The van der Waals surface area contributed by atoms with Gasteiger partial charge in [0.25, 0.3) is 5.91 Å². The van der Waals surface area contributed by atoms with E-state index in [-0.39, 0.29) is 11.8 Å². The van der Waals surface area contributed by atoms with Crippen LogP contribution in [-0.4, -0.2) is 38.6 Å². The number of carbonyl (C=O) groups is 2. The molecule has 2 atom stereocenters. The fraction of sp³-hybridized carbons (Fsp3) is 0.364. The van der Waals surface area contributed by atoms with E-state index in [0.717, 1.165) is 12.1 Å². The molecular weight excluding hydrogens is 340 g/mol. The van der Waals surface area contributed by atoms with Crippen LogP contribution >= 0.6 is 0 Å². The van der Waals surface area contributed by atoms with E-state index in [1.54, 1.807) is 19.1 Å². The van der Waals surface area contributed by atoms with Crippen LogP contribution in [0, 0.1) is 0 Å². The van der Waals surface area contributed by atoms with E-state index in [4.69, 9.17) is 4.74 Å². The lowest BCUT2D eigenvalue weighted by atomic mass is 9.96. The van der Waals surface area contributed by atoms with Gasteiger partial charge in [-0.3, -0.25) is 4.79 Å². The van der Waals surface area contributed by atoms with E-state index in [9.17, 15) is 9.59 Å². The molecule has 0 aliphatic heterocycles. The lowest BCUT2D eigenvalue weighted by Gasteiger charge is -2.19. The summed E-state index contributed by atoms with van der Waals surface area (Å²) < 4.78 is 5.31. The van der Waals surface area contributed by atoms with Gasteiger partial charge in [-0.05, 0) is 43.2 Å². The molecule has 0 aromatic heterocycles. The van der Waals surface area contributed by atoms with Gasteiger partial charge in [-0.1, -0.05) is 37.3 Å². The minimum absolute atomic E-state index is 0.233. The predicted molar refractivity (Wildman–Crippen MR) is 108 cm³/mol. The van der Waals surface area contributed by atoms with Gasteiger partial charge in [-0.25, -0.2) is 4.79 Å². The highest BCUT2D eigenvalue weighted by atomic mass is 16.5. The number of ether oxygens (including phenoxy) is 1. The van der Waals surface area contributed by atoms with Crippen LogP contribution in [0.1, 0.15) is 42.1 Å². The fourth-order valence-corrected chi connectivity index (χ4v) is 2.77. The first kappa shape index (κ1) is 20.5. The van der Waals surface area contributed by atoms with E-state index in [1.165, 1.54) is 5.56 Å². The second-order valence-corrected chi connectivity index (χ2v) is 6.75. The highest BCUT2D eigenvalue weighted by Crippen LogP contribution is 2.18. The molecule has 0 saturated heterocycles. The Labute approximate surface area is 161 Å². The van der Waals surface area contributed by atoms with Crippen LogP contribution < -0.4 is 10.2 Å². The average molecular weight is 368 g/mol. The molecule has 0 radical (unpaired) electrons. The molecule has 0 fully saturated rings. The zero-order valence-electron chi connectivity index (χ0n) is 16.4. The zero-order valence-corrected chi connectivity index (χ0v) is 16.4. The van der Waals surface area contributed by atoms with Crippen molar-refractivity contribution in [3.8, 4) is 0 Å². The van der Waals surface area contributed by atoms with Gasteiger partial charge in [0.05, 0.1) is 5.56 Å². The zero-order chi connectivity index (χ0) is 19.8. The van der Waals surface area contributed by atoms with Crippen molar-refractivity contribution < 1.29 is 14.3 Å². The number of hydrogen-bond acceptors (Lipinski definition) is 4. The number of amides is 1. The maximum atomic E-state index is 12.3. The van der Waals surface area contributed by atoms with Crippen molar-refractivity contribution in [2.45, 2.75) is 32.3 Å². The molecule has 0 bridgehead atoms. The van der Waals surface area contributed by atoms with Gasteiger partial charge in [-0.15, -0.1) is 0 Å². The van der Waals surface area contributed by atoms with Crippen LogP contribution in [0.3, 0.4) is 0 Å². The Bertz CT molecular complexity index is 742. The first-order valence-corrected chi connectivity index (χ1v) is 9.23. The monoisotopic (exact) mass is 368 g/mol. The van der Waals surface area contributed by atoms with Crippen molar-refractivity contribution in [3.63, 3.8) is 0 Å². The van der Waals surface area contributed by atoms with Gasteiger partial charge < -0.3 is 15.0 Å². The molecule has 5 nitrogen and oxygen atoms in total. The van der Waals surface area contributed by atoms with Gasteiger partial charge in [-0.2, -0.15) is 0 Å². The second kappa shape index (κ2) is 9.76. The Morgan fingerprint density at radius 1 is 1.04 bits per heavy atom. The third kappa shape index (κ3) is 5.84. The lowest BCUT2D eigenvalue weighted by Crippen LogP contribution is -2.38. The molecule has 27 heavy (non-hydrogen) atoms. The molecule has 1 N–H and O–H groups in total. The van der Waals surface area contributed by atoms with Gasteiger partial charge in [0.2, 0.25) is 0 Å². The maximum Gasteiger partial charge on any atom is 0.338 e. The summed E-state index contributed by atoms with van der Waals surface area (Å²) in [4.78, 5) is 26.5. The molecule has 144 valence electrons. The first-order valence-electron chi connectivity index (χ1n) is 9.23. The van der Waals surface area contributed by atoms with Crippen molar-refractivity contribution >= 4 is 17.6 Å². The summed E-state index contributed by atoms with van der Waals surface area (Å²) in [6.07, 6.45) is 0.0655. The Balaban J connectivity index is 1.88. The van der Waals surface area contributed by atoms with Crippen molar-refractivity contribution in [1.82, 2.24) is 5.32 Å². The molecule has 2 aromatic rings. The fourth-order valence-electron chi connectivity index (χ4n) is 2.77. The van der Waals surface area contributed by atoms with Crippen LogP contribution in [0.15, 0.2) is 54.6 Å². The highest BCUT2D eigenvalue weighted by Gasteiger charge is 2.20. The first-order chi connectivity index (χ1) is 12.9. The summed E-state index contributed by atoms with van der Waals surface area (Å²) >= 11 is 0. The molecule has 2 aromatic carbocycles. The van der Waals surface area contributed by atoms with Gasteiger partial charge in [0.1, 0.15) is 0 Å². The summed E-state index contributed by atoms with van der Waals surface area (Å²) in [7, 11) is 3.86. The number of anilines is 1. The number of carbonyl (C=O) groups excluding carboxylic acids is 2. The third-order valence-corrected chi connectivity index (χ3v) is 4.56. The summed E-state index contributed by atoms with van der Waals surface area (Å²) in [6.45, 7) is 4.19. The van der Waals surface area contributed by atoms with Crippen LogP contribution in [0.25, 0.3) is 0 Å². The van der Waals surface area contributed by atoms with E-state index >= 15 is 0 Å². The molecule has 1 amide bonds. The van der Waals surface area contributed by atoms with E-state index in [1.807, 2.05) is 49.3 Å². The number of esters is 1. The molecule has 0 aliphatic rings. The predicted octanol–water partition coefficient (Wildman–Crippen LogP) is 3.61. The molecule has 0 saturated carbocycles. The number of benzene rings is 2. The van der Waals surface area contributed by atoms with E-state index in [0.29, 0.717) is 12.1 Å². The second-order valence-electron chi connectivity index (χ2n) is 6.75. The maximum absolute atomic E-state index is 12.3. The molecule has 0 heterocycles. The van der Waals surface area contributed by atoms with Gasteiger partial charge in [0, 0.05) is 32.2 Å². The van der Waals surface area contributed by atoms with Crippen molar-refractivity contribution in [2.24, 2.45) is 0 Å². The SMILES string of the molecule is CC[C@@H](CNC(=O)[C@H](C)OC(=O)c1ccc(N(C)C)cc1)c1ccccc1. The quantitative estimate of drug-likeness (QED) is 0.723. The third-order valence-electron chi connectivity index (χ3n) is 4.56. The number of nitrogens with one attached hydrogen (secondary N) is 1. The van der Waals surface area contributed by atoms with Crippen LogP contribution in [0.2, 0.25) is 0 Å². The molecular formula is C22H28N2O3. The van der Waals surface area contributed by atoms with Crippen molar-refractivity contribution in [3.05, 3.63) is 65.7 Å². The standard InChI is InChI=1S/C22H28N2O3/c1-5-17(18-9-7-6-8-10-18)15-23-21(25)16(2)27-22(26)19-11-13-20(14-12-19)24(3)4/h6-14,16-17H,5,15H2,1-4H3,(H,23,25)/t16-,17-/m0/s1. The normalized spacial score (nSPS) is 12.7. The van der Waals surface area contributed by atoms with Crippen LogP contribution in [0.5, 0.6) is 0 Å². The number of rotatable bonds is 8. The summed E-state index contributed by atoms with van der Waals surface area (Å²) in [5.74, 6) is -0.558. The number of nitrogens with zero attached hydrogens (tertiary/aromatic N) is 1. The lowest BCUT2D eigenvalue weighted by molar-refractivity contribution is -0.129.